The van der Waals surface area contributed by atoms with Crippen molar-refractivity contribution in [2.75, 3.05) is 18.9 Å². The Kier molecular flexibility index (Phi) is 6.62. The topological polar surface area (TPSA) is 60.2 Å². The van der Waals surface area contributed by atoms with Gasteiger partial charge in [0.05, 0.1) is 12.1 Å². The number of hydrogen-bond donors (Lipinski definition) is 2. The van der Waals surface area contributed by atoms with Crippen LogP contribution < -0.4 is 11.1 Å². The molecule has 0 saturated carbocycles. The Labute approximate surface area is 129 Å². The van der Waals surface area contributed by atoms with E-state index in [-0.39, 0.29) is 17.6 Å². The molecule has 0 aromatic carbocycles. The molecule has 1 aromatic rings. The zero-order valence-electron chi connectivity index (χ0n) is 14.4. The number of pyridine rings is 1. The molecule has 21 heavy (non-hydrogen) atoms. The molecule has 1 heterocycles. The maximum Gasteiger partial charge on any atom is 0.128 e. The first-order chi connectivity index (χ1) is 9.82. The van der Waals surface area contributed by atoms with E-state index in [0.29, 0.717) is 12.4 Å². The van der Waals surface area contributed by atoms with Gasteiger partial charge in [-0.1, -0.05) is 27.7 Å². The summed E-state index contributed by atoms with van der Waals surface area (Å²) in [5.74, 6) is 0.595. The molecule has 0 saturated heterocycles. The number of anilines is 1. The first-order valence-corrected chi connectivity index (χ1v) is 7.88. The minimum Gasteiger partial charge on any atom is -0.383 e. The number of nitrogens with two attached hydrogens (primary N) is 1. The second kappa shape index (κ2) is 7.76. The van der Waals surface area contributed by atoms with Gasteiger partial charge in [-0.2, -0.15) is 0 Å². The smallest absolute Gasteiger partial charge is 0.128 e. The monoisotopic (exact) mass is 293 g/mol. The van der Waals surface area contributed by atoms with Crippen LogP contribution in [0.5, 0.6) is 0 Å². The van der Waals surface area contributed by atoms with Crippen LogP contribution in [0.1, 0.15) is 58.2 Å². The summed E-state index contributed by atoms with van der Waals surface area (Å²) in [6.45, 7) is 14.5. The highest BCUT2D eigenvalue weighted by Gasteiger charge is 2.35. The van der Waals surface area contributed by atoms with Crippen molar-refractivity contribution < 1.29 is 4.74 Å². The molecular formula is C17H31N3O. The van der Waals surface area contributed by atoms with E-state index >= 15 is 0 Å². The van der Waals surface area contributed by atoms with Gasteiger partial charge in [0, 0.05) is 18.4 Å². The van der Waals surface area contributed by atoms with Crippen molar-refractivity contribution in [1.29, 1.82) is 0 Å². The fraction of sp³-hybridized carbons (Fsp3) is 0.706. The third-order valence-corrected chi connectivity index (χ3v) is 3.67. The quantitative estimate of drug-likeness (QED) is 0.808. The largest absolute Gasteiger partial charge is 0.383 e. The molecule has 0 aliphatic rings. The van der Waals surface area contributed by atoms with Crippen molar-refractivity contribution >= 4 is 5.82 Å². The first kappa shape index (κ1) is 17.9. The molecule has 4 nitrogen and oxygen atoms in total. The molecule has 120 valence electrons. The Hall–Kier alpha value is -1.13. The zero-order valence-corrected chi connectivity index (χ0v) is 14.4. The van der Waals surface area contributed by atoms with Crippen LogP contribution >= 0.6 is 0 Å². The van der Waals surface area contributed by atoms with Crippen molar-refractivity contribution in [3.8, 4) is 0 Å². The second-order valence-electron chi connectivity index (χ2n) is 6.60. The first-order valence-electron chi connectivity index (χ1n) is 7.88. The lowest BCUT2D eigenvalue weighted by atomic mass is 9.81. The van der Waals surface area contributed by atoms with Crippen LogP contribution in [0.4, 0.5) is 5.82 Å². The third-order valence-electron chi connectivity index (χ3n) is 3.67. The lowest BCUT2D eigenvalue weighted by Gasteiger charge is -2.38. The summed E-state index contributed by atoms with van der Waals surface area (Å²) in [5.41, 5.74) is 8.40. The number of ether oxygens (including phenoxy) is 1. The number of nitrogen functional groups attached to an aromatic ring is 1. The second-order valence-corrected chi connectivity index (χ2v) is 6.60. The highest BCUT2D eigenvalue weighted by atomic mass is 16.5. The van der Waals surface area contributed by atoms with Crippen LogP contribution in [0.2, 0.25) is 0 Å². The maximum absolute atomic E-state index is 6.16. The van der Waals surface area contributed by atoms with Gasteiger partial charge >= 0.3 is 0 Å². The number of nitrogens with one attached hydrogen (secondary N) is 1. The lowest BCUT2D eigenvalue weighted by molar-refractivity contribution is -0.0365. The van der Waals surface area contributed by atoms with E-state index < -0.39 is 0 Å². The van der Waals surface area contributed by atoms with E-state index in [9.17, 15) is 0 Å². The zero-order chi connectivity index (χ0) is 16.0. The molecule has 0 spiro atoms. The summed E-state index contributed by atoms with van der Waals surface area (Å²) >= 11 is 0. The predicted octanol–water partition coefficient (Wildman–Crippen LogP) is 3.46. The predicted molar refractivity (Wildman–Crippen MR) is 89.3 cm³/mol. The molecule has 1 rings (SSSR count). The van der Waals surface area contributed by atoms with Crippen LogP contribution in [0.25, 0.3) is 0 Å². The van der Waals surface area contributed by atoms with Gasteiger partial charge in [-0.25, -0.2) is 4.98 Å². The van der Waals surface area contributed by atoms with E-state index in [1.165, 1.54) is 0 Å². The summed E-state index contributed by atoms with van der Waals surface area (Å²) in [4.78, 5) is 4.28. The third kappa shape index (κ3) is 4.68. The molecule has 0 radical (unpaired) electrons. The highest BCUT2D eigenvalue weighted by Crippen LogP contribution is 2.35. The SMILES string of the molecule is CCCNC(c1c(C)ccnc1N)C(OCC)C(C)(C)C. The van der Waals surface area contributed by atoms with Crippen molar-refractivity contribution in [3.63, 3.8) is 0 Å². The van der Waals surface area contributed by atoms with Gasteiger partial charge in [0.15, 0.2) is 0 Å². The van der Waals surface area contributed by atoms with Crippen molar-refractivity contribution in [2.45, 2.75) is 60.1 Å². The summed E-state index contributed by atoms with van der Waals surface area (Å²) in [6, 6.07) is 2.07. The van der Waals surface area contributed by atoms with E-state index in [0.717, 1.165) is 24.1 Å². The van der Waals surface area contributed by atoms with E-state index in [4.69, 9.17) is 10.5 Å². The van der Waals surface area contributed by atoms with Gasteiger partial charge in [-0.15, -0.1) is 0 Å². The number of hydrogen-bond acceptors (Lipinski definition) is 4. The summed E-state index contributed by atoms with van der Waals surface area (Å²) in [5, 5.41) is 3.61. The summed E-state index contributed by atoms with van der Waals surface area (Å²) in [7, 11) is 0. The van der Waals surface area contributed by atoms with Gasteiger partial charge < -0.3 is 15.8 Å². The molecule has 0 aliphatic carbocycles. The van der Waals surface area contributed by atoms with Gasteiger partial charge in [-0.3, -0.25) is 0 Å². The Morgan fingerprint density at radius 2 is 2.00 bits per heavy atom. The van der Waals surface area contributed by atoms with E-state index in [2.05, 4.69) is 44.9 Å². The van der Waals surface area contributed by atoms with Crippen LogP contribution in [0, 0.1) is 12.3 Å². The normalized spacial score (nSPS) is 15.0. The molecule has 2 atom stereocenters. The molecule has 1 aromatic heterocycles. The van der Waals surface area contributed by atoms with Crippen molar-refractivity contribution in [1.82, 2.24) is 10.3 Å². The number of aromatic nitrogens is 1. The Morgan fingerprint density at radius 3 is 2.48 bits per heavy atom. The van der Waals surface area contributed by atoms with Crippen LogP contribution in [0.15, 0.2) is 12.3 Å². The minimum atomic E-state index is 0.0101. The summed E-state index contributed by atoms with van der Waals surface area (Å²) < 4.78 is 6.08. The van der Waals surface area contributed by atoms with Crippen LogP contribution in [-0.4, -0.2) is 24.2 Å². The average molecular weight is 293 g/mol. The Morgan fingerprint density at radius 1 is 1.33 bits per heavy atom. The van der Waals surface area contributed by atoms with Crippen molar-refractivity contribution in [3.05, 3.63) is 23.4 Å². The molecule has 4 heteroatoms. The maximum atomic E-state index is 6.16. The standard InChI is InChI=1S/C17H31N3O/c1-7-10-19-14(15(21-8-2)17(4,5)6)13-12(3)9-11-20-16(13)18/h9,11,14-15,19H,7-8,10H2,1-6H3,(H2,18,20). The molecule has 0 bridgehead atoms. The molecular weight excluding hydrogens is 262 g/mol. The van der Waals surface area contributed by atoms with Gasteiger partial charge in [0.1, 0.15) is 5.82 Å². The molecule has 2 unspecified atom stereocenters. The lowest BCUT2D eigenvalue weighted by Crippen LogP contribution is -2.43. The molecule has 0 amide bonds. The Bertz CT molecular complexity index is 420. The number of rotatable bonds is 7. The number of nitrogens with zero attached hydrogens (tertiary/aromatic N) is 1. The fourth-order valence-corrected chi connectivity index (χ4v) is 2.68. The van der Waals surface area contributed by atoms with E-state index in [1.54, 1.807) is 6.20 Å². The van der Waals surface area contributed by atoms with Crippen LogP contribution in [0.3, 0.4) is 0 Å². The molecule has 3 N–H and O–H groups in total. The van der Waals surface area contributed by atoms with Gasteiger partial charge in [0.2, 0.25) is 0 Å². The van der Waals surface area contributed by atoms with Gasteiger partial charge in [-0.05, 0) is 43.9 Å². The molecule has 0 fully saturated rings. The molecule has 0 aliphatic heterocycles. The van der Waals surface area contributed by atoms with Crippen molar-refractivity contribution in [2.24, 2.45) is 5.41 Å². The minimum absolute atomic E-state index is 0.0101. The highest BCUT2D eigenvalue weighted by molar-refractivity contribution is 5.46. The van der Waals surface area contributed by atoms with Gasteiger partial charge in [0.25, 0.3) is 0 Å². The van der Waals surface area contributed by atoms with Crippen LogP contribution in [-0.2, 0) is 4.74 Å². The summed E-state index contributed by atoms with van der Waals surface area (Å²) in [6.07, 6.45) is 2.87. The average Bonchev–Trinajstić information content (AvgIpc) is 2.38. The Balaban J connectivity index is 3.26. The fourth-order valence-electron chi connectivity index (χ4n) is 2.68. The van der Waals surface area contributed by atoms with E-state index in [1.807, 2.05) is 13.0 Å². The number of aryl methyl sites for hydroxylation is 1.